The molecule has 0 aromatic heterocycles. The Kier molecular flexibility index (Phi) is 5.19. The lowest BCUT2D eigenvalue weighted by Crippen LogP contribution is -2.11. The fraction of sp³-hybridized carbons (Fsp3) is 0.333. The van der Waals surface area contributed by atoms with Crippen LogP contribution in [0.1, 0.15) is 23.1 Å². The van der Waals surface area contributed by atoms with Gasteiger partial charge in [-0.25, -0.2) is 0 Å². The van der Waals surface area contributed by atoms with Gasteiger partial charge >= 0.3 is 0 Å². The molecule has 0 aliphatic rings. The zero-order chi connectivity index (χ0) is 14.4. The zero-order valence-corrected chi connectivity index (χ0v) is 12.2. The lowest BCUT2D eigenvalue weighted by atomic mass is 10.0. The number of hydrogen-bond acceptors (Lipinski definition) is 2. The molecule has 2 rings (SSSR count). The summed E-state index contributed by atoms with van der Waals surface area (Å²) >= 11 is 0. The van der Waals surface area contributed by atoms with Gasteiger partial charge in [0.1, 0.15) is 5.75 Å². The second-order valence-electron chi connectivity index (χ2n) is 5.24. The van der Waals surface area contributed by atoms with Gasteiger partial charge < -0.3 is 9.84 Å². The minimum Gasteiger partial charge on any atom is -0.497 e. The SMILES string of the molecule is COc1cccc(CC(O)CCc2cccc(C)c2)c1. The first-order valence-corrected chi connectivity index (χ1v) is 7.04. The van der Waals surface area contributed by atoms with Gasteiger partial charge in [-0.3, -0.25) is 0 Å². The van der Waals surface area contributed by atoms with Crippen LogP contribution < -0.4 is 4.74 Å². The number of rotatable bonds is 6. The molecule has 0 aliphatic heterocycles. The van der Waals surface area contributed by atoms with Crippen molar-refractivity contribution in [2.24, 2.45) is 0 Å². The van der Waals surface area contributed by atoms with Crippen LogP contribution in [-0.4, -0.2) is 18.3 Å². The normalized spacial score (nSPS) is 12.2. The van der Waals surface area contributed by atoms with Crippen molar-refractivity contribution in [2.45, 2.75) is 32.3 Å². The van der Waals surface area contributed by atoms with E-state index < -0.39 is 0 Å². The van der Waals surface area contributed by atoms with Crippen molar-refractivity contribution >= 4 is 0 Å². The summed E-state index contributed by atoms with van der Waals surface area (Å²) in [6.45, 7) is 2.09. The van der Waals surface area contributed by atoms with E-state index in [-0.39, 0.29) is 6.10 Å². The second kappa shape index (κ2) is 7.11. The summed E-state index contributed by atoms with van der Waals surface area (Å²) in [5.41, 5.74) is 3.67. The summed E-state index contributed by atoms with van der Waals surface area (Å²) in [4.78, 5) is 0. The lowest BCUT2D eigenvalue weighted by Gasteiger charge is -2.11. The molecule has 0 fully saturated rings. The van der Waals surface area contributed by atoms with E-state index >= 15 is 0 Å². The molecule has 2 nitrogen and oxygen atoms in total. The van der Waals surface area contributed by atoms with Crippen LogP contribution in [0.15, 0.2) is 48.5 Å². The molecule has 1 unspecified atom stereocenters. The highest BCUT2D eigenvalue weighted by atomic mass is 16.5. The number of hydrogen-bond donors (Lipinski definition) is 1. The number of aliphatic hydroxyl groups is 1. The van der Waals surface area contributed by atoms with Crippen LogP contribution in [0.2, 0.25) is 0 Å². The molecule has 1 N–H and O–H groups in total. The van der Waals surface area contributed by atoms with Crippen LogP contribution in [0, 0.1) is 6.92 Å². The van der Waals surface area contributed by atoms with Crippen molar-refractivity contribution in [3.05, 3.63) is 65.2 Å². The number of ether oxygens (including phenoxy) is 1. The molecule has 2 aromatic rings. The fourth-order valence-electron chi connectivity index (χ4n) is 2.37. The minimum absolute atomic E-state index is 0.317. The molecule has 1 atom stereocenters. The predicted molar refractivity (Wildman–Crippen MR) is 82.2 cm³/mol. The lowest BCUT2D eigenvalue weighted by molar-refractivity contribution is 0.165. The zero-order valence-electron chi connectivity index (χ0n) is 12.2. The van der Waals surface area contributed by atoms with Gasteiger partial charge in [0.2, 0.25) is 0 Å². The molecular weight excluding hydrogens is 248 g/mol. The van der Waals surface area contributed by atoms with Crippen LogP contribution in [0.3, 0.4) is 0 Å². The van der Waals surface area contributed by atoms with E-state index in [1.807, 2.05) is 24.3 Å². The van der Waals surface area contributed by atoms with Crippen LogP contribution in [0.5, 0.6) is 5.75 Å². The molecule has 0 spiro atoms. The van der Waals surface area contributed by atoms with Gasteiger partial charge in [0, 0.05) is 0 Å². The van der Waals surface area contributed by atoms with E-state index in [1.165, 1.54) is 11.1 Å². The van der Waals surface area contributed by atoms with Crippen LogP contribution in [0.25, 0.3) is 0 Å². The highest BCUT2D eigenvalue weighted by Gasteiger charge is 2.07. The molecule has 0 saturated heterocycles. The summed E-state index contributed by atoms with van der Waals surface area (Å²) in [6, 6.07) is 16.3. The highest BCUT2D eigenvalue weighted by Crippen LogP contribution is 2.16. The maximum Gasteiger partial charge on any atom is 0.119 e. The molecule has 20 heavy (non-hydrogen) atoms. The summed E-state index contributed by atoms with van der Waals surface area (Å²) < 4.78 is 5.20. The molecule has 2 aromatic carbocycles. The van der Waals surface area contributed by atoms with Gasteiger partial charge in [0.05, 0.1) is 13.2 Å². The van der Waals surface area contributed by atoms with Crippen molar-refractivity contribution in [3.8, 4) is 5.75 Å². The van der Waals surface area contributed by atoms with E-state index in [4.69, 9.17) is 4.74 Å². The van der Waals surface area contributed by atoms with Crippen LogP contribution in [0.4, 0.5) is 0 Å². The third kappa shape index (κ3) is 4.39. The third-order valence-corrected chi connectivity index (χ3v) is 3.45. The largest absolute Gasteiger partial charge is 0.497 e. The Morgan fingerprint density at radius 1 is 1.05 bits per heavy atom. The maximum absolute atomic E-state index is 10.2. The molecule has 2 heteroatoms. The van der Waals surface area contributed by atoms with Gasteiger partial charge in [-0.1, -0.05) is 42.0 Å². The van der Waals surface area contributed by atoms with Crippen molar-refractivity contribution in [1.82, 2.24) is 0 Å². The quantitative estimate of drug-likeness (QED) is 0.870. The maximum atomic E-state index is 10.2. The molecular formula is C18H22O2. The Hall–Kier alpha value is -1.80. The average molecular weight is 270 g/mol. The van der Waals surface area contributed by atoms with Crippen molar-refractivity contribution in [3.63, 3.8) is 0 Å². The van der Waals surface area contributed by atoms with Crippen molar-refractivity contribution < 1.29 is 9.84 Å². The second-order valence-corrected chi connectivity index (χ2v) is 5.24. The van der Waals surface area contributed by atoms with E-state index in [9.17, 15) is 5.11 Å². The molecule has 0 saturated carbocycles. The Morgan fingerprint density at radius 3 is 2.55 bits per heavy atom. The smallest absolute Gasteiger partial charge is 0.119 e. The summed E-state index contributed by atoms with van der Waals surface area (Å²) in [6.07, 6.45) is 2.04. The third-order valence-electron chi connectivity index (χ3n) is 3.45. The van der Waals surface area contributed by atoms with E-state index in [1.54, 1.807) is 7.11 Å². The van der Waals surface area contributed by atoms with Gasteiger partial charge in [0.25, 0.3) is 0 Å². The number of aliphatic hydroxyl groups excluding tert-OH is 1. The van der Waals surface area contributed by atoms with Crippen LogP contribution >= 0.6 is 0 Å². The first-order valence-electron chi connectivity index (χ1n) is 7.04. The molecule has 0 heterocycles. The van der Waals surface area contributed by atoms with Gasteiger partial charge in [0.15, 0.2) is 0 Å². The minimum atomic E-state index is -0.317. The first-order chi connectivity index (χ1) is 9.67. The molecule has 106 valence electrons. The van der Waals surface area contributed by atoms with Crippen molar-refractivity contribution in [1.29, 1.82) is 0 Å². The Balaban J connectivity index is 1.87. The number of benzene rings is 2. The Bertz CT molecular complexity index is 549. The van der Waals surface area contributed by atoms with Gasteiger partial charge in [-0.05, 0) is 49.4 Å². The number of aryl methyl sites for hydroxylation is 2. The fourth-order valence-corrected chi connectivity index (χ4v) is 2.37. The Morgan fingerprint density at radius 2 is 1.80 bits per heavy atom. The highest BCUT2D eigenvalue weighted by molar-refractivity contribution is 5.29. The molecule has 0 amide bonds. The summed E-state index contributed by atoms with van der Waals surface area (Å²) in [5.74, 6) is 0.841. The summed E-state index contributed by atoms with van der Waals surface area (Å²) in [5, 5.41) is 10.2. The first kappa shape index (κ1) is 14.6. The van der Waals surface area contributed by atoms with E-state index in [0.29, 0.717) is 6.42 Å². The monoisotopic (exact) mass is 270 g/mol. The average Bonchev–Trinajstić information content (AvgIpc) is 2.45. The standard InChI is InChI=1S/C18H22O2/c1-14-5-3-6-15(11-14)9-10-17(19)12-16-7-4-8-18(13-16)20-2/h3-8,11,13,17,19H,9-10,12H2,1-2H3. The topological polar surface area (TPSA) is 29.5 Å². The summed E-state index contributed by atoms with van der Waals surface area (Å²) in [7, 11) is 1.66. The van der Waals surface area contributed by atoms with E-state index in [0.717, 1.165) is 24.2 Å². The molecule has 0 aliphatic carbocycles. The van der Waals surface area contributed by atoms with Crippen LogP contribution in [-0.2, 0) is 12.8 Å². The Labute approximate surface area is 121 Å². The molecule has 0 radical (unpaired) electrons. The predicted octanol–water partition coefficient (Wildman–Crippen LogP) is 3.54. The molecule has 0 bridgehead atoms. The van der Waals surface area contributed by atoms with E-state index in [2.05, 4.69) is 31.2 Å². The van der Waals surface area contributed by atoms with Gasteiger partial charge in [-0.15, -0.1) is 0 Å². The van der Waals surface area contributed by atoms with Crippen molar-refractivity contribution in [2.75, 3.05) is 7.11 Å². The number of methoxy groups -OCH3 is 1. The van der Waals surface area contributed by atoms with Gasteiger partial charge in [-0.2, -0.15) is 0 Å².